The summed E-state index contributed by atoms with van der Waals surface area (Å²) in [5.41, 5.74) is 4.21. The molecule has 1 aliphatic heterocycles. The Bertz CT molecular complexity index is 1790. The second-order valence-corrected chi connectivity index (χ2v) is 12.4. The van der Waals surface area contributed by atoms with E-state index in [2.05, 4.69) is 14.4 Å². The molecule has 1 N–H and O–H groups in total. The minimum atomic E-state index is -1.01. The molecule has 208 valence electrons. The molecule has 3 heterocycles. The number of hydrogen-bond acceptors (Lipinski definition) is 7. The van der Waals surface area contributed by atoms with Gasteiger partial charge >= 0.3 is 5.97 Å². The lowest BCUT2D eigenvalue weighted by molar-refractivity contribution is 0.0694. The van der Waals surface area contributed by atoms with Crippen molar-refractivity contribution in [2.24, 2.45) is 0 Å². The van der Waals surface area contributed by atoms with E-state index in [9.17, 15) is 9.90 Å². The van der Waals surface area contributed by atoms with E-state index in [1.165, 1.54) is 11.5 Å². The van der Waals surface area contributed by atoms with Crippen LogP contribution in [0.1, 0.15) is 52.1 Å². The molecule has 5 aromatic rings. The summed E-state index contributed by atoms with van der Waals surface area (Å²) in [5, 5.41) is 16.1. The van der Waals surface area contributed by atoms with Gasteiger partial charge in [0, 0.05) is 46.6 Å². The highest BCUT2D eigenvalue weighted by Crippen LogP contribution is 2.46. The number of fused-ring (bicyclic) bond motifs is 1. The van der Waals surface area contributed by atoms with Crippen molar-refractivity contribution in [1.82, 2.24) is 9.53 Å². The lowest BCUT2D eigenvalue weighted by Crippen LogP contribution is -2.45. The van der Waals surface area contributed by atoms with Gasteiger partial charge in [0.15, 0.2) is 5.69 Å². The Morgan fingerprint density at radius 1 is 1.02 bits per heavy atom. The van der Waals surface area contributed by atoms with Crippen LogP contribution in [0.4, 0.5) is 5.69 Å². The molecule has 7 rings (SSSR count). The summed E-state index contributed by atoms with van der Waals surface area (Å²) in [4.78, 5) is 13.7. The molecule has 2 aromatic heterocycles. The third-order valence-corrected chi connectivity index (χ3v) is 9.45. The maximum absolute atomic E-state index is 11.5. The lowest BCUT2D eigenvalue weighted by atomic mass is 9.90. The number of benzene rings is 3. The smallest absolute Gasteiger partial charge is 0.356 e. The quantitative estimate of drug-likeness (QED) is 0.184. The van der Waals surface area contributed by atoms with Crippen molar-refractivity contribution in [1.29, 1.82) is 0 Å². The zero-order chi connectivity index (χ0) is 28.2. The fourth-order valence-corrected chi connectivity index (χ4v) is 6.95. The summed E-state index contributed by atoms with van der Waals surface area (Å²) < 4.78 is 16.9. The number of anilines is 1. The summed E-state index contributed by atoms with van der Waals surface area (Å²) in [5.74, 6) is 1.03. The average Bonchev–Trinajstić information content (AvgIpc) is 3.54. The fourth-order valence-electron chi connectivity index (χ4n) is 5.30. The van der Waals surface area contributed by atoms with Crippen LogP contribution in [-0.2, 0) is 6.61 Å². The number of nitrogens with zero attached hydrogens (tertiary/aromatic N) is 3. The van der Waals surface area contributed by atoms with Crippen LogP contribution in [0, 0.1) is 0 Å². The maximum atomic E-state index is 11.5. The number of hydrogen-bond donors (Lipinski definition) is 1. The maximum Gasteiger partial charge on any atom is 0.356 e. The largest absolute Gasteiger partial charge is 0.489 e. The number of rotatable bonds is 8. The van der Waals surface area contributed by atoms with Gasteiger partial charge in [-0.25, -0.2) is 4.79 Å². The van der Waals surface area contributed by atoms with Crippen molar-refractivity contribution < 1.29 is 19.2 Å². The molecule has 7 nitrogen and oxygen atoms in total. The van der Waals surface area contributed by atoms with Crippen LogP contribution in [0.15, 0.2) is 59.1 Å². The molecule has 11 heteroatoms. The molecule has 0 spiro atoms. The summed E-state index contributed by atoms with van der Waals surface area (Å²) in [6.45, 7) is 1.80. The van der Waals surface area contributed by atoms with E-state index in [1.54, 1.807) is 18.2 Å². The van der Waals surface area contributed by atoms with E-state index in [-0.39, 0.29) is 18.2 Å². The Balaban J connectivity index is 1.06. The van der Waals surface area contributed by atoms with Gasteiger partial charge in [-0.15, -0.1) is 0 Å². The molecule has 2 aliphatic rings. The van der Waals surface area contributed by atoms with Gasteiger partial charge in [0.05, 0.1) is 20.3 Å². The molecule has 1 saturated heterocycles. The molecule has 0 bridgehead atoms. The van der Waals surface area contributed by atoms with E-state index >= 15 is 0 Å². The second-order valence-electron chi connectivity index (χ2n) is 10.3. The molecule has 1 aliphatic carbocycles. The van der Waals surface area contributed by atoms with E-state index < -0.39 is 5.97 Å². The average molecular weight is 627 g/mol. The highest BCUT2D eigenvalue weighted by atomic mass is 35.5. The Morgan fingerprint density at radius 2 is 1.80 bits per heavy atom. The molecule has 0 unspecified atom stereocenters. The monoisotopic (exact) mass is 625 g/mol. The molecule has 0 atom stereocenters. The standard InChI is InChI=1S/C30H22Cl3N3O4S/c31-22-2-1-3-23(32)26(22)27-21(29(40-34-27)15-4-5-15)14-39-18-7-8-19(24(33)11-18)16-12-36(13-16)17-6-9-25-20(10-17)28(30(37)38)35-41-25/h1-3,6-11,15-16H,4-5,12-14H2,(H,37,38). The summed E-state index contributed by atoms with van der Waals surface area (Å²) in [6.07, 6.45) is 2.10. The number of halogens is 3. The van der Waals surface area contributed by atoms with Crippen molar-refractivity contribution in [3.63, 3.8) is 0 Å². The number of ether oxygens (including phenoxy) is 1. The lowest BCUT2D eigenvalue weighted by Gasteiger charge is -2.41. The molecule has 3 aromatic carbocycles. The summed E-state index contributed by atoms with van der Waals surface area (Å²) in [7, 11) is 0. The highest BCUT2D eigenvalue weighted by Gasteiger charge is 2.34. The highest BCUT2D eigenvalue weighted by molar-refractivity contribution is 7.13. The Morgan fingerprint density at radius 3 is 2.51 bits per heavy atom. The Kier molecular flexibility index (Phi) is 6.82. The normalized spacial score (nSPS) is 15.3. The van der Waals surface area contributed by atoms with Crippen LogP contribution < -0.4 is 9.64 Å². The van der Waals surface area contributed by atoms with Crippen molar-refractivity contribution in [2.75, 3.05) is 18.0 Å². The Labute approximate surface area is 254 Å². The first-order chi connectivity index (χ1) is 19.9. The molecule has 41 heavy (non-hydrogen) atoms. The molecule has 1 saturated carbocycles. The van der Waals surface area contributed by atoms with Gasteiger partial charge in [0.1, 0.15) is 23.8 Å². The van der Waals surface area contributed by atoms with Gasteiger partial charge in [-0.3, -0.25) is 0 Å². The first-order valence-electron chi connectivity index (χ1n) is 13.1. The van der Waals surface area contributed by atoms with Crippen LogP contribution in [-0.4, -0.2) is 33.7 Å². The van der Waals surface area contributed by atoms with Crippen LogP contribution in [0.25, 0.3) is 21.3 Å². The van der Waals surface area contributed by atoms with Gasteiger partial charge in [-0.1, -0.05) is 52.1 Å². The van der Waals surface area contributed by atoms with Gasteiger partial charge in [-0.2, -0.15) is 4.37 Å². The molecule has 0 amide bonds. The van der Waals surface area contributed by atoms with Crippen molar-refractivity contribution in [3.05, 3.63) is 92.2 Å². The van der Waals surface area contributed by atoms with Crippen LogP contribution in [0.3, 0.4) is 0 Å². The van der Waals surface area contributed by atoms with E-state index in [1.807, 2.05) is 36.4 Å². The number of aromatic nitrogens is 2. The van der Waals surface area contributed by atoms with Crippen LogP contribution >= 0.6 is 46.3 Å². The Hall–Kier alpha value is -3.30. The van der Waals surface area contributed by atoms with Crippen molar-refractivity contribution >= 4 is 68.1 Å². The van der Waals surface area contributed by atoms with E-state index in [0.29, 0.717) is 43.4 Å². The molecule has 0 radical (unpaired) electrons. The topological polar surface area (TPSA) is 88.7 Å². The fraction of sp³-hybridized carbons (Fsp3) is 0.233. The van der Waals surface area contributed by atoms with Crippen molar-refractivity contribution in [3.8, 4) is 17.0 Å². The predicted octanol–water partition coefficient (Wildman–Crippen LogP) is 8.67. The summed E-state index contributed by atoms with van der Waals surface area (Å²) in [6, 6.07) is 17.0. The first kappa shape index (κ1) is 26.6. The van der Waals surface area contributed by atoms with Crippen LogP contribution in [0.5, 0.6) is 5.75 Å². The van der Waals surface area contributed by atoms with Gasteiger partial charge < -0.3 is 19.3 Å². The van der Waals surface area contributed by atoms with E-state index in [4.69, 9.17) is 44.1 Å². The third kappa shape index (κ3) is 4.93. The number of aromatic carboxylic acids is 1. The van der Waals surface area contributed by atoms with Crippen molar-refractivity contribution in [2.45, 2.75) is 31.3 Å². The second kappa shape index (κ2) is 10.5. The number of carboxylic acid groups (broad SMARTS) is 1. The summed E-state index contributed by atoms with van der Waals surface area (Å²) >= 11 is 20.9. The number of carboxylic acids is 1. The predicted molar refractivity (Wildman–Crippen MR) is 161 cm³/mol. The first-order valence-corrected chi connectivity index (χ1v) is 15.0. The SMILES string of the molecule is O=C(O)c1nsc2ccc(N3CC(c4ccc(OCc5c(-c6c(Cl)cccc6Cl)noc5C5CC5)cc4Cl)C3)cc12. The van der Waals surface area contributed by atoms with Gasteiger partial charge in [0.25, 0.3) is 0 Å². The molecular weight excluding hydrogens is 605 g/mol. The van der Waals surface area contributed by atoms with E-state index in [0.717, 1.165) is 53.2 Å². The molecular formula is C30H22Cl3N3O4S. The third-order valence-electron chi connectivity index (χ3n) is 7.66. The van der Waals surface area contributed by atoms with Crippen LogP contribution in [0.2, 0.25) is 15.1 Å². The number of carbonyl (C=O) groups is 1. The minimum absolute atomic E-state index is 0.0973. The van der Waals surface area contributed by atoms with Gasteiger partial charge in [-0.05, 0) is 72.4 Å². The van der Waals surface area contributed by atoms with Gasteiger partial charge in [0.2, 0.25) is 0 Å². The minimum Gasteiger partial charge on any atom is -0.489 e. The zero-order valence-electron chi connectivity index (χ0n) is 21.4. The molecule has 2 fully saturated rings. The zero-order valence-corrected chi connectivity index (χ0v) is 24.5.